The number of nitrogens with zero attached hydrogens (tertiary/aromatic N) is 2. The van der Waals surface area contributed by atoms with Gasteiger partial charge in [-0.3, -0.25) is 9.59 Å². The molecule has 0 saturated carbocycles. The van der Waals surface area contributed by atoms with Gasteiger partial charge in [0.1, 0.15) is 12.1 Å². The smallest absolute Gasteiger partial charge is 0.317 e. The summed E-state index contributed by atoms with van der Waals surface area (Å²) < 4.78 is 0. The maximum absolute atomic E-state index is 12.6. The molecule has 0 aromatic heterocycles. The fourth-order valence-corrected chi connectivity index (χ4v) is 3.50. The predicted molar refractivity (Wildman–Crippen MR) is 97.1 cm³/mol. The minimum Gasteiger partial charge on any atom is -0.342 e. The van der Waals surface area contributed by atoms with Gasteiger partial charge in [0, 0.05) is 19.6 Å². The molecule has 7 heteroatoms. The van der Waals surface area contributed by atoms with Gasteiger partial charge in [-0.25, -0.2) is 4.79 Å². The van der Waals surface area contributed by atoms with Gasteiger partial charge in [0.2, 0.25) is 11.8 Å². The van der Waals surface area contributed by atoms with Crippen LogP contribution in [0.4, 0.5) is 4.79 Å². The Balaban J connectivity index is 1.58. The Kier molecular flexibility index (Phi) is 5.44. The molecule has 2 atom stereocenters. The van der Waals surface area contributed by atoms with Crippen molar-refractivity contribution in [3.8, 4) is 0 Å². The highest BCUT2D eigenvalue weighted by Crippen LogP contribution is 2.19. The lowest BCUT2D eigenvalue weighted by Gasteiger charge is -2.45. The van der Waals surface area contributed by atoms with Crippen LogP contribution in [-0.4, -0.2) is 59.4 Å². The molecule has 2 N–H and O–H groups in total. The Labute approximate surface area is 153 Å². The molecular weight excluding hydrogens is 332 g/mol. The Bertz CT molecular complexity index is 677. The van der Waals surface area contributed by atoms with E-state index < -0.39 is 12.1 Å². The molecule has 1 aromatic rings. The van der Waals surface area contributed by atoms with Gasteiger partial charge < -0.3 is 20.4 Å². The normalized spacial score (nSPS) is 22.9. The molecular formula is C19H26N4O3. The minimum atomic E-state index is -0.595. The number of hydrogen-bond donors (Lipinski definition) is 2. The number of nitrogens with one attached hydrogen (secondary N) is 2. The second kappa shape index (κ2) is 7.76. The van der Waals surface area contributed by atoms with Crippen molar-refractivity contribution in [2.75, 3.05) is 19.6 Å². The maximum Gasteiger partial charge on any atom is 0.317 e. The van der Waals surface area contributed by atoms with Gasteiger partial charge in [0.25, 0.3) is 0 Å². The number of benzene rings is 1. The summed E-state index contributed by atoms with van der Waals surface area (Å²) in [5.74, 6) is 0.120. The van der Waals surface area contributed by atoms with Crippen LogP contribution in [0.5, 0.6) is 0 Å². The molecule has 2 aliphatic heterocycles. The molecule has 0 radical (unpaired) electrons. The Morgan fingerprint density at radius 2 is 1.96 bits per heavy atom. The van der Waals surface area contributed by atoms with Crippen molar-refractivity contribution >= 4 is 17.8 Å². The first-order valence-corrected chi connectivity index (χ1v) is 9.13. The molecule has 0 spiro atoms. The van der Waals surface area contributed by atoms with Crippen LogP contribution in [0, 0.1) is 5.92 Å². The summed E-state index contributed by atoms with van der Waals surface area (Å²) >= 11 is 0. The van der Waals surface area contributed by atoms with Gasteiger partial charge in [-0.1, -0.05) is 44.2 Å². The molecule has 0 aliphatic carbocycles. The average molecular weight is 358 g/mol. The minimum absolute atomic E-state index is 0.0346. The number of urea groups is 1. The molecule has 0 unspecified atom stereocenters. The second-order valence-electron chi connectivity index (χ2n) is 7.33. The summed E-state index contributed by atoms with van der Waals surface area (Å²) in [6, 6.07) is 8.41. The van der Waals surface area contributed by atoms with E-state index >= 15 is 0 Å². The van der Waals surface area contributed by atoms with Gasteiger partial charge in [0.05, 0.1) is 6.54 Å². The monoisotopic (exact) mass is 358 g/mol. The summed E-state index contributed by atoms with van der Waals surface area (Å²) in [5.41, 5.74) is 1.02. The average Bonchev–Trinajstić information content (AvgIpc) is 2.64. The number of amides is 4. The zero-order valence-corrected chi connectivity index (χ0v) is 15.3. The number of piperazine rings is 2. The van der Waals surface area contributed by atoms with E-state index in [2.05, 4.69) is 10.6 Å². The highest BCUT2D eigenvalue weighted by molar-refractivity contribution is 5.97. The van der Waals surface area contributed by atoms with E-state index in [1.54, 1.807) is 9.80 Å². The third-order valence-electron chi connectivity index (χ3n) is 4.86. The van der Waals surface area contributed by atoms with Crippen molar-refractivity contribution in [1.82, 2.24) is 20.4 Å². The van der Waals surface area contributed by atoms with Crippen LogP contribution in [0.3, 0.4) is 0 Å². The summed E-state index contributed by atoms with van der Waals surface area (Å²) in [5, 5.41) is 5.70. The second-order valence-corrected chi connectivity index (χ2v) is 7.33. The lowest BCUT2D eigenvalue weighted by Crippen LogP contribution is -2.70. The number of rotatable bonds is 4. The van der Waals surface area contributed by atoms with E-state index in [4.69, 9.17) is 0 Å². The zero-order valence-electron chi connectivity index (χ0n) is 15.3. The zero-order chi connectivity index (χ0) is 18.7. The van der Waals surface area contributed by atoms with Crippen molar-refractivity contribution in [1.29, 1.82) is 0 Å². The molecule has 7 nitrogen and oxygen atoms in total. The Hall–Kier alpha value is -2.57. The van der Waals surface area contributed by atoms with E-state index in [0.29, 0.717) is 32.0 Å². The van der Waals surface area contributed by atoms with Crippen molar-refractivity contribution in [3.63, 3.8) is 0 Å². The first-order chi connectivity index (χ1) is 12.5. The third kappa shape index (κ3) is 3.98. The molecule has 2 fully saturated rings. The molecule has 4 amide bonds. The van der Waals surface area contributed by atoms with Crippen molar-refractivity contribution < 1.29 is 14.4 Å². The van der Waals surface area contributed by atoms with Gasteiger partial charge in [0.15, 0.2) is 0 Å². The van der Waals surface area contributed by atoms with Crippen LogP contribution in [0.2, 0.25) is 0 Å². The van der Waals surface area contributed by atoms with Crippen LogP contribution < -0.4 is 10.6 Å². The standard InChI is InChI=1S/C19H26N4O3/c1-13(2)10-15-18(25)23-9-8-22(12-16(23)17(24)21-15)19(26)20-11-14-6-4-3-5-7-14/h3-7,13,15-16H,8-12H2,1-2H3,(H,20,26)(H,21,24)/t15-,16-/m1/s1. The lowest BCUT2D eigenvalue weighted by molar-refractivity contribution is -0.152. The SMILES string of the molecule is CC(C)C[C@H]1NC(=O)[C@H]2CN(C(=O)NCc3ccccc3)CCN2C1=O. The third-order valence-corrected chi connectivity index (χ3v) is 4.86. The van der Waals surface area contributed by atoms with Gasteiger partial charge in [-0.05, 0) is 17.9 Å². The van der Waals surface area contributed by atoms with E-state index in [0.717, 1.165) is 5.56 Å². The summed E-state index contributed by atoms with van der Waals surface area (Å²) in [7, 11) is 0. The summed E-state index contributed by atoms with van der Waals surface area (Å²) in [4.78, 5) is 40.7. The highest BCUT2D eigenvalue weighted by atomic mass is 16.2. The van der Waals surface area contributed by atoms with Gasteiger partial charge in [-0.15, -0.1) is 0 Å². The molecule has 140 valence electrons. The van der Waals surface area contributed by atoms with Gasteiger partial charge >= 0.3 is 6.03 Å². The first kappa shape index (κ1) is 18.2. The summed E-state index contributed by atoms with van der Waals surface area (Å²) in [6.45, 7) is 5.55. The maximum atomic E-state index is 12.6. The Morgan fingerprint density at radius 3 is 2.65 bits per heavy atom. The molecule has 26 heavy (non-hydrogen) atoms. The van der Waals surface area contributed by atoms with Crippen LogP contribution in [-0.2, 0) is 16.1 Å². The van der Waals surface area contributed by atoms with E-state index in [-0.39, 0.29) is 24.4 Å². The van der Waals surface area contributed by atoms with Gasteiger partial charge in [-0.2, -0.15) is 0 Å². The molecule has 3 rings (SSSR count). The number of carbonyl (C=O) groups is 3. The highest BCUT2D eigenvalue weighted by Gasteiger charge is 2.44. The van der Waals surface area contributed by atoms with E-state index in [9.17, 15) is 14.4 Å². The fourth-order valence-electron chi connectivity index (χ4n) is 3.50. The fraction of sp³-hybridized carbons (Fsp3) is 0.526. The summed E-state index contributed by atoms with van der Waals surface area (Å²) in [6.07, 6.45) is 0.634. The lowest BCUT2D eigenvalue weighted by atomic mass is 9.97. The van der Waals surface area contributed by atoms with Crippen LogP contribution in [0.1, 0.15) is 25.8 Å². The largest absolute Gasteiger partial charge is 0.342 e. The number of fused-ring (bicyclic) bond motifs is 1. The number of carbonyl (C=O) groups excluding carboxylic acids is 3. The predicted octanol–water partition coefficient (Wildman–Crippen LogP) is 0.953. The van der Waals surface area contributed by atoms with Crippen molar-refractivity contribution in [2.45, 2.75) is 38.9 Å². The molecule has 2 aliphatic rings. The Morgan fingerprint density at radius 1 is 1.23 bits per heavy atom. The molecule has 0 bridgehead atoms. The van der Waals surface area contributed by atoms with Crippen LogP contribution in [0.15, 0.2) is 30.3 Å². The van der Waals surface area contributed by atoms with Crippen LogP contribution in [0.25, 0.3) is 0 Å². The molecule has 1 aromatic carbocycles. The van der Waals surface area contributed by atoms with E-state index in [1.807, 2.05) is 44.2 Å². The first-order valence-electron chi connectivity index (χ1n) is 9.13. The van der Waals surface area contributed by atoms with Crippen molar-refractivity contribution in [3.05, 3.63) is 35.9 Å². The van der Waals surface area contributed by atoms with E-state index in [1.165, 1.54) is 0 Å². The molecule has 2 saturated heterocycles. The molecule has 2 heterocycles. The van der Waals surface area contributed by atoms with Crippen LogP contribution >= 0.6 is 0 Å². The van der Waals surface area contributed by atoms with Crippen molar-refractivity contribution in [2.24, 2.45) is 5.92 Å². The quantitative estimate of drug-likeness (QED) is 0.841. The number of hydrogen-bond acceptors (Lipinski definition) is 3. The topological polar surface area (TPSA) is 81.8 Å².